The first-order valence-corrected chi connectivity index (χ1v) is 9.50. The molecule has 0 saturated carbocycles. The first-order valence-electron chi connectivity index (χ1n) is 9.12. The number of rotatable bonds is 3. The van der Waals surface area contributed by atoms with Gasteiger partial charge in [0.05, 0.1) is 0 Å². The van der Waals surface area contributed by atoms with E-state index < -0.39 is 11.4 Å². The molecule has 0 radical (unpaired) electrons. The minimum absolute atomic E-state index is 0.0170. The number of nitrogens with zero attached hydrogens (tertiary/aromatic N) is 5. The van der Waals surface area contributed by atoms with Crippen LogP contribution in [-0.2, 0) is 4.74 Å². The molecule has 28 heavy (non-hydrogen) atoms. The molecule has 2 aliphatic heterocycles. The highest BCUT2D eigenvalue weighted by molar-refractivity contribution is 6.32. The van der Waals surface area contributed by atoms with Crippen molar-refractivity contribution in [2.75, 3.05) is 31.1 Å². The molecule has 0 N–H and O–H groups in total. The maximum Gasteiger partial charge on any atom is 0.410 e. The lowest BCUT2D eigenvalue weighted by Crippen LogP contribution is -2.58. The van der Waals surface area contributed by atoms with Crippen molar-refractivity contribution in [2.24, 2.45) is 10.4 Å². The zero-order valence-corrected chi connectivity index (χ0v) is 17.4. The van der Waals surface area contributed by atoms with Crippen LogP contribution in [0.1, 0.15) is 38.4 Å². The lowest BCUT2D eigenvalue weighted by Gasteiger charge is -2.49. The molecule has 2 fully saturated rings. The molecule has 1 spiro atoms. The molecule has 1 aromatic rings. The second kappa shape index (κ2) is 7.31. The van der Waals surface area contributed by atoms with Crippen molar-refractivity contribution in [3.05, 3.63) is 22.7 Å². The van der Waals surface area contributed by atoms with E-state index in [4.69, 9.17) is 16.3 Å². The Bertz CT molecular complexity index is 830. The average Bonchev–Trinajstić information content (AvgIpc) is 3.04. The Hall–Kier alpha value is -2.22. The molecular formula is C19H25ClFN5O2. The summed E-state index contributed by atoms with van der Waals surface area (Å²) in [6.07, 6.45) is 1.94. The predicted octanol–water partition coefficient (Wildman–Crippen LogP) is 3.77. The normalized spacial score (nSPS) is 19.4. The molecule has 9 heteroatoms. The fourth-order valence-electron chi connectivity index (χ4n) is 3.74. The van der Waals surface area contributed by atoms with Crippen LogP contribution in [0.2, 0.25) is 0 Å². The maximum atomic E-state index is 14.4. The number of carbonyl (C=O) groups excluding carboxylic acids is 1. The Morgan fingerprint density at radius 1 is 1.36 bits per heavy atom. The van der Waals surface area contributed by atoms with Gasteiger partial charge in [-0.25, -0.2) is 24.1 Å². The van der Waals surface area contributed by atoms with Gasteiger partial charge in [0.1, 0.15) is 23.4 Å². The average molecular weight is 410 g/mol. The number of likely N-dealkylation sites (tertiary alicyclic amines) is 1. The summed E-state index contributed by atoms with van der Waals surface area (Å²) in [6.45, 7) is 13.4. The number of amides is 1. The number of ether oxygens (including phenoxy) is 1. The van der Waals surface area contributed by atoms with E-state index in [0.717, 1.165) is 19.5 Å². The number of hydrogen-bond donors (Lipinski definition) is 0. The highest BCUT2D eigenvalue weighted by atomic mass is 35.5. The number of aliphatic imine (C=N–C) groups is 1. The van der Waals surface area contributed by atoms with Crippen molar-refractivity contribution in [1.29, 1.82) is 0 Å². The van der Waals surface area contributed by atoms with Gasteiger partial charge in [-0.2, -0.15) is 0 Å². The zero-order valence-electron chi connectivity index (χ0n) is 16.6. The third-order valence-corrected chi connectivity index (χ3v) is 5.31. The minimum atomic E-state index is -0.718. The molecule has 0 aliphatic carbocycles. The summed E-state index contributed by atoms with van der Waals surface area (Å²) in [5.74, 6) is -0.0555. The minimum Gasteiger partial charge on any atom is -0.444 e. The van der Waals surface area contributed by atoms with E-state index in [1.807, 2.05) is 20.8 Å². The highest BCUT2D eigenvalue weighted by Crippen LogP contribution is 2.43. The molecule has 3 rings (SSSR count). The van der Waals surface area contributed by atoms with Crippen LogP contribution in [0.5, 0.6) is 0 Å². The molecular weight excluding hydrogens is 385 g/mol. The summed E-state index contributed by atoms with van der Waals surface area (Å²) in [6, 6.07) is 0. The largest absolute Gasteiger partial charge is 0.444 e. The summed E-state index contributed by atoms with van der Waals surface area (Å²) >= 11 is 5.74. The third kappa shape index (κ3) is 3.97. The van der Waals surface area contributed by atoms with Gasteiger partial charge in [0.15, 0.2) is 11.0 Å². The Morgan fingerprint density at radius 2 is 2.04 bits per heavy atom. The second-order valence-electron chi connectivity index (χ2n) is 8.44. The van der Waals surface area contributed by atoms with Crippen molar-refractivity contribution in [3.63, 3.8) is 0 Å². The molecule has 0 bridgehead atoms. The molecule has 7 nitrogen and oxygen atoms in total. The predicted molar refractivity (Wildman–Crippen MR) is 107 cm³/mol. The van der Waals surface area contributed by atoms with Gasteiger partial charge in [-0.1, -0.05) is 11.6 Å². The van der Waals surface area contributed by atoms with E-state index in [1.54, 1.807) is 11.8 Å². The van der Waals surface area contributed by atoms with Crippen molar-refractivity contribution in [1.82, 2.24) is 14.9 Å². The lowest BCUT2D eigenvalue weighted by molar-refractivity contribution is 0.0265. The first-order chi connectivity index (χ1) is 13.1. The van der Waals surface area contributed by atoms with Crippen molar-refractivity contribution in [3.8, 4) is 0 Å². The number of hydrogen-bond acceptors (Lipinski definition) is 6. The van der Waals surface area contributed by atoms with Gasteiger partial charge in [-0.15, -0.1) is 0 Å². The molecule has 0 atom stereocenters. The van der Waals surface area contributed by atoms with Crippen LogP contribution in [0, 0.1) is 12.3 Å². The standard InChI is InChI=1S/C19H25ClFN5O2/c1-12-14(13(21)15(20)22-5)23-11-24-16(12)26-9-19(10-26)6-7-25(8-19)17(27)28-18(2,3)4/h11H,5-10H2,1-4H3/b15-13+. The van der Waals surface area contributed by atoms with Gasteiger partial charge >= 0.3 is 6.09 Å². The number of halogens is 2. The summed E-state index contributed by atoms with van der Waals surface area (Å²) in [5.41, 5.74) is 0.221. The van der Waals surface area contributed by atoms with E-state index in [9.17, 15) is 9.18 Å². The van der Waals surface area contributed by atoms with Crippen LogP contribution in [-0.4, -0.2) is 59.5 Å². The number of aromatic nitrogens is 2. The van der Waals surface area contributed by atoms with E-state index >= 15 is 0 Å². The first kappa shape index (κ1) is 20.5. The topological polar surface area (TPSA) is 70.9 Å². The van der Waals surface area contributed by atoms with Crippen LogP contribution < -0.4 is 4.90 Å². The monoisotopic (exact) mass is 409 g/mol. The Morgan fingerprint density at radius 3 is 2.64 bits per heavy atom. The SMILES string of the molecule is C=N/C(Cl)=C(/F)c1ncnc(N2CC3(CCN(C(=O)OC(C)(C)C)C3)C2)c1C. The van der Waals surface area contributed by atoms with Gasteiger partial charge in [0.25, 0.3) is 0 Å². The molecule has 2 aliphatic rings. The summed E-state index contributed by atoms with van der Waals surface area (Å²) in [5, 5.41) is -0.323. The third-order valence-electron chi connectivity index (χ3n) is 5.03. The molecule has 152 valence electrons. The Kier molecular flexibility index (Phi) is 5.36. The van der Waals surface area contributed by atoms with Gasteiger partial charge in [-0.3, -0.25) is 0 Å². The molecule has 0 aromatic carbocycles. The molecule has 1 amide bonds. The summed E-state index contributed by atoms with van der Waals surface area (Å²) in [4.78, 5) is 27.9. The van der Waals surface area contributed by atoms with Gasteiger partial charge < -0.3 is 14.5 Å². The fourth-order valence-corrected chi connectivity index (χ4v) is 3.83. The van der Waals surface area contributed by atoms with E-state index in [0.29, 0.717) is 24.5 Å². The van der Waals surface area contributed by atoms with Crippen LogP contribution in [0.25, 0.3) is 5.83 Å². The quantitative estimate of drug-likeness (QED) is 0.561. The van der Waals surface area contributed by atoms with Crippen LogP contribution in [0.15, 0.2) is 16.5 Å². The summed E-state index contributed by atoms with van der Waals surface area (Å²) in [7, 11) is 0. The van der Waals surface area contributed by atoms with Crippen molar-refractivity contribution >= 4 is 36.1 Å². The lowest BCUT2D eigenvalue weighted by atomic mass is 9.79. The number of carbonyl (C=O) groups is 1. The van der Waals surface area contributed by atoms with Crippen LogP contribution in [0.3, 0.4) is 0 Å². The molecule has 0 unspecified atom stereocenters. The van der Waals surface area contributed by atoms with Crippen molar-refractivity contribution < 1.29 is 13.9 Å². The highest BCUT2D eigenvalue weighted by Gasteiger charge is 2.50. The Labute approximate surface area is 169 Å². The van der Waals surface area contributed by atoms with Crippen LogP contribution >= 0.6 is 11.6 Å². The van der Waals surface area contributed by atoms with Gasteiger partial charge in [0, 0.05) is 37.2 Å². The Balaban J connectivity index is 1.69. The molecule has 1 aromatic heterocycles. The van der Waals surface area contributed by atoms with E-state index in [1.165, 1.54) is 6.33 Å². The van der Waals surface area contributed by atoms with E-state index in [2.05, 4.69) is 26.6 Å². The van der Waals surface area contributed by atoms with Crippen molar-refractivity contribution in [2.45, 2.75) is 39.7 Å². The zero-order chi connectivity index (χ0) is 20.7. The van der Waals surface area contributed by atoms with Gasteiger partial charge in [-0.05, 0) is 40.8 Å². The second-order valence-corrected chi connectivity index (χ2v) is 8.80. The molecule has 3 heterocycles. The van der Waals surface area contributed by atoms with Crippen LogP contribution in [0.4, 0.5) is 15.0 Å². The summed E-state index contributed by atoms with van der Waals surface area (Å²) < 4.78 is 19.8. The smallest absolute Gasteiger partial charge is 0.410 e. The van der Waals surface area contributed by atoms with E-state index in [-0.39, 0.29) is 22.4 Å². The maximum absolute atomic E-state index is 14.4. The number of anilines is 1. The fraction of sp³-hybridized carbons (Fsp3) is 0.579. The van der Waals surface area contributed by atoms with Gasteiger partial charge in [0.2, 0.25) is 0 Å². The molecule has 2 saturated heterocycles.